The molecule has 0 saturated heterocycles. The first-order chi connectivity index (χ1) is 9.31. The van der Waals surface area contributed by atoms with E-state index in [1.54, 1.807) is 18.5 Å². The second kappa shape index (κ2) is 4.54. The van der Waals surface area contributed by atoms with Crippen molar-refractivity contribution in [2.45, 2.75) is 5.92 Å². The SMILES string of the molecule is Cn1cc(C(C#N)c2ncccn2)c2ccccc21. The van der Waals surface area contributed by atoms with Crippen LogP contribution in [0.3, 0.4) is 0 Å². The van der Waals surface area contributed by atoms with Crippen molar-refractivity contribution in [3.05, 3.63) is 60.3 Å². The first-order valence-corrected chi connectivity index (χ1v) is 6.01. The standard InChI is InChI=1S/C15H12N4/c1-19-10-13(11-5-2-3-6-14(11)19)12(9-16)15-17-7-4-8-18-15/h2-8,10,12H,1H3. The number of aromatic nitrogens is 3. The van der Waals surface area contributed by atoms with Gasteiger partial charge in [0, 0.05) is 42.1 Å². The zero-order valence-electron chi connectivity index (χ0n) is 10.5. The molecular weight excluding hydrogens is 236 g/mol. The summed E-state index contributed by atoms with van der Waals surface area (Å²) in [5.74, 6) is 0.105. The topological polar surface area (TPSA) is 54.5 Å². The fourth-order valence-corrected chi connectivity index (χ4v) is 2.33. The van der Waals surface area contributed by atoms with E-state index in [0.29, 0.717) is 5.82 Å². The summed E-state index contributed by atoms with van der Waals surface area (Å²) < 4.78 is 2.03. The van der Waals surface area contributed by atoms with Crippen molar-refractivity contribution in [1.82, 2.24) is 14.5 Å². The molecule has 2 heterocycles. The van der Waals surface area contributed by atoms with Gasteiger partial charge in [0.15, 0.2) is 0 Å². The van der Waals surface area contributed by atoms with Crippen molar-refractivity contribution in [1.29, 1.82) is 5.26 Å². The Morgan fingerprint density at radius 1 is 1.16 bits per heavy atom. The monoisotopic (exact) mass is 248 g/mol. The fraction of sp³-hybridized carbons (Fsp3) is 0.133. The summed E-state index contributed by atoms with van der Waals surface area (Å²) in [6.45, 7) is 0. The molecule has 92 valence electrons. The Morgan fingerprint density at radius 3 is 2.63 bits per heavy atom. The van der Waals surface area contributed by atoms with E-state index in [9.17, 15) is 5.26 Å². The molecule has 3 aromatic rings. The van der Waals surface area contributed by atoms with E-state index in [0.717, 1.165) is 16.5 Å². The molecule has 0 aliphatic heterocycles. The molecule has 0 aliphatic rings. The van der Waals surface area contributed by atoms with Crippen LogP contribution >= 0.6 is 0 Å². The lowest BCUT2D eigenvalue weighted by molar-refractivity contribution is 0.880. The molecule has 0 saturated carbocycles. The van der Waals surface area contributed by atoms with Gasteiger partial charge in [-0.1, -0.05) is 18.2 Å². The van der Waals surface area contributed by atoms with Gasteiger partial charge in [0.25, 0.3) is 0 Å². The van der Waals surface area contributed by atoms with Crippen LogP contribution in [0.15, 0.2) is 48.9 Å². The third-order valence-corrected chi connectivity index (χ3v) is 3.21. The number of hydrogen-bond donors (Lipinski definition) is 0. The highest BCUT2D eigenvalue weighted by Crippen LogP contribution is 2.29. The minimum absolute atomic E-state index is 0.438. The van der Waals surface area contributed by atoms with Crippen LogP contribution in [-0.4, -0.2) is 14.5 Å². The number of nitrogens with zero attached hydrogens (tertiary/aromatic N) is 4. The van der Waals surface area contributed by atoms with Gasteiger partial charge in [0.1, 0.15) is 11.7 Å². The minimum atomic E-state index is -0.438. The Bertz CT molecular complexity index is 753. The number of para-hydroxylation sites is 1. The summed E-state index contributed by atoms with van der Waals surface area (Å²) in [6, 6.07) is 12.1. The molecule has 0 radical (unpaired) electrons. The van der Waals surface area contributed by atoms with E-state index in [2.05, 4.69) is 16.0 Å². The third-order valence-electron chi connectivity index (χ3n) is 3.21. The molecule has 0 amide bonds. The Labute approximate surface area is 111 Å². The van der Waals surface area contributed by atoms with Gasteiger partial charge in [0.05, 0.1) is 6.07 Å². The van der Waals surface area contributed by atoms with Crippen LogP contribution in [0.2, 0.25) is 0 Å². The van der Waals surface area contributed by atoms with Gasteiger partial charge in [0.2, 0.25) is 0 Å². The summed E-state index contributed by atoms with van der Waals surface area (Å²) in [4.78, 5) is 8.40. The molecule has 3 rings (SSSR count). The van der Waals surface area contributed by atoms with E-state index in [1.165, 1.54) is 0 Å². The second-order valence-corrected chi connectivity index (χ2v) is 4.38. The second-order valence-electron chi connectivity index (χ2n) is 4.38. The summed E-state index contributed by atoms with van der Waals surface area (Å²) in [5.41, 5.74) is 2.06. The molecule has 1 unspecified atom stereocenters. The maximum atomic E-state index is 9.46. The number of benzene rings is 1. The summed E-state index contributed by atoms with van der Waals surface area (Å²) in [6.07, 6.45) is 5.31. The van der Waals surface area contributed by atoms with Crippen LogP contribution in [0.4, 0.5) is 0 Å². The minimum Gasteiger partial charge on any atom is -0.350 e. The molecule has 0 fully saturated rings. The maximum absolute atomic E-state index is 9.46. The van der Waals surface area contributed by atoms with E-state index < -0.39 is 5.92 Å². The number of hydrogen-bond acceptors (Lipinski definition) is 3. The molecule has 0 spiro atoms. The van der Waals surface area contributed by atoms with E-state index in [4.69, 9.17) is 0 Å². The molecule has 0 aliphatic carbocycles. The quantitative estimate of drug-likeness (QED) is 0.700. The van der Waals surface area contributed by atoms with Crippen LogP contribution in [-0.2, 0) is 7.05 Å². The summed E-state index contributed by atoms with van der Waals surface area (Å²) in [7, 11) is 1.98. The van der Waals surface area contributed by atoms with Gasteiger partial charge < -0.3 is 4.57 Å². The fourth-order valence-electron chi connectivity index (χ4n) is 2.33. The van der Waals surface area contributed by atoms with Crippen molar-refractivity contribution in [2.24, 2.45) is 7.05 Å². The van der Waals surface area contributed by atoms with E-state index in [1.807, 2.05) is 42.1 Å². The normalized spacial score (nSPS) is 12.2. The highest BCUT2D eigenvalue weighted by Gasteiger charge is 2.20. The molecule has 0 N–H and O–H groups in total. The molecular formula is C15H12N4. The van der Waals surface area contributed by atoms with Crippen molar-refractivity contribution in [2.75, 3.05) is 0 Å². The zero-order valence-corrected chi connectivity index (χ0v) is 10.5. The lowest BCUT2D eigenvalue weighted by Crippen LogP contribution is -2.02. The van der Waals surface area contributed by atoms with Gasteiger partial charge in [-0.2, -0.15) is 5.26 Å². The summed E-state index contributed by atoms with van der Waals surface area (Å²) >= 11 is 0. The molecule has 1 atom stereocenters. The molecule has 4 heteroatoms. The van der Waals surface area contributed by atoms with Crippen molar-refractivity contribution in [3.8, 4) is 6.07 Å². The highest BCUT2D eigenvalue weighted by molar-refractivity contribution is 5.85. The molecule has 0 bridgehead atoms. The molecule has 1 aromatic carbocycles. The predicted octanol–water partition coefficient (Wildman–Crippen LogP) is 2.62. The van der Waals surface area contributed by atoms with E-state index >= 15 is 0 Å². The zero-order chi connectivity index (χ0) is 13.2. The van der Waals surface area contributed by atoms with Gasteiger partial charge in [-0.15, -0.1) is 0 Å². The lowest BCUT2D eigenvalue weighted by atomic mass is 9.99. The van der Waals surface area contributed by atoms with Crippen LogP contribution in [0.5, 0.6) is 0 Å². The van der Waals surface area contributed by atoms with Crippen LogP contribution in [0, 0.1) is 11.3 Å². The average molecular weight is 248 g/mol. The average Bonchev–Trinajstić information content (AvgIpc) is 2.79. The van der Waals surface area contributed by atoms with Gasteiger partial charge in [-0.3, -0.25) is 0 Å². The van der Waals surface area contributed by atoms with Crippen LogP contribution < -0.4 is 0 Å². The highest BCUT2D eigenvalue weighted by atomic mass is 14.9. The number of nitriles is 1. The number of fused-ring (bicyclic) bond motifs is 1. The Kier molecular flexibility index (Phi) is 2.73. The van der Waals surface area contributed by atoms with E-state index in [-0.39, 0.29) is 0 Å². The molecule has 2 aromatic heterocycles. The van der Waals surface area contributed by atoms with Crippen molar-refractivity contribution in [3.63, 3.8) is 0 Å². The van der Waals surface area contributed by atoms with Crippen LogP contribution in [0.25, 0.3) is 10.9 Å². The van der Waals surface area contributed by atoms with Gasteiger partial charge >= 0.3 is 0 Å². The Hall–Kier alpha value is -2.67. The Balaban J connectivity index is 2.21. The summed E-state index contributed by atoms with van der Waals surface area (Å²) in [5, 5.41) is 10.5. The first-order valence-electron chi connectivity index (χ1n) is 6.01. The number of rotatable bonds is 2. The van der Waals surface area contributed by atoms with Crippen molar-refractivity contribution >= 4 is 10.9 Å². The smallest absolute Gasteiger partial charge is 0.149 e. The van der Waals surface area contributed by atoms with Crippen LogP contribution in [0.1, 0.15) is 17.3 Å². The molecule has 4 nitrogen and oxygen atoms in total. The predicted molar refractivity (Wildman–Crippen MR) is 72.4 cm³/mol. The van der Waals surface area contributed by atoms with Crippen molar-refractivity contribution < 1.29 is 0 Å². The third kappa shape index (κ3) is 1.85. The lowest BCUT2D eigenvalue weighted by Gasteiger charge is -2.05. The maximum Gasteiger partial charge on any atom is 0.149 e. The Morgan fingerprint density at radius 2 is 1.89 bits per heavy atom. The van der Waals surface area contributed by atoms with Gasteiger partial charge in [-0.25, -0.2) is 9.97 Å². The molecule has 19 heavy (non-hydrogen) atoms. The van der Waals surface area contributed by atoms with Gasteiger partial charge in [-0.05, 0) is 12.1 Å². The number of aryl methyl sites for hydroxylation is 1. The first kappa shape index (κ1) is 11.4. The largest absolute Gasteiger partial charge is 0.350 e.